The van der Waals surface area contributed by atoms with E-state index in [9.17, 15) is 5.11 Å². The van der Waals surface area contributed by atoms with Gasteiger partial charge in [-0.15, -0.1) is 6.42 Å². The maximum atomic E-state index is 9.23. The Hall–Kier alpha value is -1.66. The van der Waals surface area contributed by atoms with Crippen LogP contribution in [0.15, 0.2) is 18.2 Å². The second-order valence-corrected chi connectivity index (χ2v) is 3.17. The fourth-order valence-electron chi connectivity index (χ4n) is 1.55. The van der Waals surface area contributed by atoms with Gasteiger partial charge in [-0.2, -0.15) is 0 Å². The molecule has 0 bridgehead atoms. The number of aromatic hydroxyl groups is 1. The minimum absolute atomic E-state index is 0.140. The Labute approximate surface area is 82.7 Å². The summed E-state index contributed by atoms with van der Waals surface area (Å²) in [6.07, 6.45) is 5.16. The van der Waals surface area contributed by atoms with Crippen LogP contribution in [-0.4, -0.2) is 18.3 Å². The number of phenolic OH excluding ortho intramolecular Hbond substituents is 1. The Kier molecular flexibility index (Phi) is 2.30. The SMILES string of the molecule is C#CCNC1COc2cc(O)ccc21. The molecular formula is C11H11NO2. The van der Waals surface area contributed by atoms with Crippen molar-refractivity contribution in [2.24, 2.45) is 0 Å². The number of hydrogen-bond donors (Lipinski definition) is 2. The Bertz CT molecular complexity index is 381. The number of phenols is 1. The van der Waals surface area contributed by atoms with Gasteiger partial charge in [0.05, 0.1) is 12.6 Å². The highest BCUT2D eigenvalue weighted by molar-refractivity contribution is 5.44. The van der Waals surface area contributed by atoms with Gasteiger partial charge in [-0.1, -0.05) is 5.92 Å². The van der Waals surface area contributed by atoms with Crippen LogP contribution in [0.3, 0.4) is 0 Å². The summed E-state index contributed by atoms with van der Waals surface area (Å²) in [6.45, 7) is 1.09. The summed E-state index contributed by atoms with van der Waals surface area (Å²) in [5, 5.41) is 12.4. The van der Waals surface area contributed by atoms with Crippen molar-refractivity contribution < 1.29 is 9.84 Å². The van der Waals surface area contributed by atoms with E-state index in [0.29, 0.717) is 13.2 Å². The lowest BCUT2D eigenvalue weighted by atomic mass is 10.1. The Morgan fingerprint density at radius 1 is 1.64 bits per heavy atom. The molecule has 1 atom stereocenters. The predicted molar refractivity (Wildman–Crippen MR) is 53.2 cm³/mol. The van der Waals surface area contributed by atoms with Gasteiger partial charge in [-0.05, 0) is 12.1 Å². The fourth-order valence-corrected chi connectivity index (χ4v) is 1.55. The third kappa shape index (κ3) is 1.52. The zero-order valence-corrected chi connectivity index (χ0v) is 7.66. The molecule has 0 amide bonds. The highest BCUT2D eigenvalue weighted by Crippen LogP contribution is 2.34. The molecule has 1 aromatic rings. The molecule has 1 heterocycles. The summed E-state index contributed by atoms with van der Waals surface area (Å²) in [5.74, 6) is 3.48. The highest BCUT2D eigenvalue weighted by Gasteiger charge is 2.23. The number of fused-ring (bicyclic) bond motifs is 1. The van der Waals surface area contributed by atoms with Crippen molar-refractivity contribution in [3.63, 3.8) is 0 Å². The van der Waals surface area contributed by atoms with Gasteiger partial charge in [0.25, 0.3) is 0 Å². The molecule has 0 radical (unpaired) electrons. The molecule has 3 nitrogen and oxygen atoms in total. The van der Waals surface area contributed by atoms with Crippen LogP contribution >= 0.6 is 0 Å². The number of rotatable bonds is 2. The lowest BCUT2D eigenvalue weighted by Gasteiger charge is -2.07. The molecule has 0 saturated carbocycles. The van der Waals surface area contributed by atoms with Gasteiger partial charge < -0.3 is 9.84 Å². The van der Waals surface area contributed by atoms with Crippen LogP contribution in [0, 0.1) is 12.3 Å². The second kappa shape index (κ2) is 3.60. The summed E-state index contributed by atoms with van der Waals surface area (Å²) in [5.41, 5.74) is 1.05. The molecular weight excluding hydrogens is 178 g/mol. The Morgan fingerprint density at radius 2 is 2.50 bits per heavy atom. The van der Waals surface area contributed by atoms with E-state index in [1.807, 2.05) is 6.07 Å². The predicted octanol–water partition coefficient (Wildman–Crippen LogP) is 1.05. The maximum absolute atomic E-state index is 9.23. The van der Waals surface area contributed by atoms with Crippen LogP contribution < -0.4 is 10.1 Å². The number of terminal acetylenes is 1. The van der Waals surface area contributed by atoms with Crippen molar-refractivity contribution in [1.29, 1.82) is 0 Å². The molecule has 0 aromatic heterocycles. The lowest BCUT2D eigenvalue weighted by Crippen LogP contribution is -2.22. The molecule has 0 fully saturated rings. The lowest BCUT2D eigenvalue weighted by molar-refractivity contribution is 0.314. The van der Waals surface area contributed by atoms with Crippen molar-refractivity contribution in [1.82, 2.24) is 5.32 Å². The molecule has 0 saturated heterocycles. The summed E-state index contributed by atoms with van der Waals surface area (Å²) in [4.78, 5) is 0. The van der Waals surface area contributed by atoms with Gasteiger partial charge in [-0.3, -0.25) is 5.32 Å². The van der Waals surface area contributed by atoms with Gasteiger partial charge in [0.2, 0.25) is 0 Å². The molecule has 3 heteroatoms. The van der Waals surface area contributed by atoms with E-state index in [1.165, 1.54) is 0 Å². The van der Waals surface area contributed by atoms with E-state index in [0.717, 1.165) is 11.3 Å². The van der Waals surface area contributed by atoms with E-state index in [1.54, 1.807) is 12.1 Å². The topological polar surface area (TPSA) is 41.5 Å². The summed E-state index contributed by atoms with van der Waals surface area (Å²) in [6, 6.07) is 5.26. The number of ether oxygens (including phenoxy) is 1. The van der Waals surface area contributed by atoms with Gasteiger partial charge in [-0.25, -0.2) is 0 Å². The zero-order valence-electron chi connectivity index (χ0n) is 7.66. The van der Waals surface area contributed by atoms with E-state index in [-0.39, 0.29) is 11.8 Å². The summed E-state index contributed by atoms with van der Waals surface area (Å²) >= 11 is 0. The van der Waals surface area contributed by atoms with Crippen LogP contribution in [-0.2, 0) is 0 Å². The number of benzene rings is 1. The molecule has 1 aromatic carbocycles. The summed E-state index contributed by atoms with van der Waals surface area (Å²) < 4.78 is 5.40. The zero-order chi connectivity index (χ0) is 9.97. The molecule has 1 aliphatic rings. The van der Waals surface area contributed by atoms with Crippen LogP contribution in [0.1, 0.15) is 11.6 Å². The van der Waals surface area contributed by atoms with Crippen LogP contribution in [0.2, 0.25) is 0 Å². The average molecular weight is 189 g/mol. The first-order valence-corrected chi connectivity index (χ1v) is 4.44. The highest BCUT2D eigenvalue weighted by atomic mass is 16.5. The largest absolute Gasteiger partial charge is 0.508 e. The van der Waals surface area contributed by atoms with Crippen molar-refractivity contribution in [3.8, 4) is 23.8 Å². The van der Waals surface area contributed by atoms with Crippen molar-refractivity contribution >= 4 is 0 Å². The molecule has 1 aliphatic heterocycles. The molecule has 1 unspecified atom stereocenters. The standard InChI is InChI=1S/C11H11NO2/c1-2-5-12-10-7-14-11-6-8(13)3-4-9(10)11/h1,3-4,6,10,12-13H,5,7H2. The smallest absolute Gasteiger partial charge is 0.127 e. The fraction of sp³-hybridized carbons (Fsp3) is 0.273. The Balaban J connectivity index is 2.19. The van der Waals surface area contributed by atoms with Crippen molar-refractivity contribution in [2.45, 2.75) is 6.04 Å². The van der Waals surface area contributed by atoms with Crippen LogP contribution in [0.25, 0.3) is 0 Å². The number of hydrogen-bond acceptors (Lipinski definition) is 3. The van der Waals surface area contributed by atoms with Gasteiger partial charge >= 0.3 is 0 Å². The van der Waals surface area contributed by atoms with Crippen LogP contribution in [0.5, 0.6) is 11.5 Å². The quantitative estimate of drug-likeness (QED) is 0.683. The second-order valence-electron chi connectivity index (χ2n) is 3.17. The first-order valence-electron chi connectivity index (χ1n) is 4.44. The minimum Gasteiger partial charge on any atom is -0.508 e. The van der Waals surface area contributed by atoms with E-state index >= 15 is 0 Å². The number of nitrogens with one attached hydrogen (secondary N) is 1. The minimum atomic E-state index is 0.140. The van der Waals surface area contributed by atoms with E-state index in [4.69, 9.17) is 11.2 Å². The van der Waals surface area contributed by atoms with E-state index in [2.05, 4.69) is 11.2 Å². The summed E-state index contributed by atoms with van der Waals surface area (Å²) in [7, 11) is 0. The molecule has 2 N–H and O–H groups in total. The molecule has 72 valence electrons. The van der Waals surface area contributed by atoms with Gasteiger partial charge in [0.15, 0.2) is 0 Å². The van der Waals surface area contributed by atoms with Gasteiger partial charge in [0, 0.05) is 11.6 Å². The first-order chi connectivity index (χ1) is 6.81. The third-order valence-electron chi connectivity index (χ3n) is 2.23. The van der Waals surface area contributed by atoms with Crippen LogP contribution in [0.4, 0.5) is 0 Å². The molecule has 0 aliphatic carbocycles. The Morgan fingerprint density at radius 3 is 3.29 bits per heavy atom. The molecule has 2 rings (SSSR count). The first kappa shape index (κ1) is 8.92. The molecule has 14 heavy (non-hydrogen) atoms. The monoisotopic (exact) mass is 189 g/mol. The molecule has 0 spiro atoms. The normalized spacial score (nSPS) is 18.4. The average Bonchev–Trinajstić information content (AvgIpc) is 2.57. The van der Waals surface area contributed by atoms with Crippen molar-refractivity contribution in [3.05, 3.63) is 23.8 Å². The van der Waals surface area contributed by atoms with Crippen molar-refractivity contribution in [2.75, 3.05) is 13.2 Å². The third-order valence-corrected chi connectivity index (χ3v) is 2.23. The van der Waals surface area contributed by atoms with E-state index < -0.39 is 0 Å². The van der Waals surface area contributed by atoms with Gasteiger partial charge in [0.1, 0.15) is 18.1 Å². The maximum Gasteiger partial charge on any atom is 0.127 e.